The van der Waals surface area contributed by atoms with Crippen molar-refractivity contribution < 1.29 is 4.79 Å². The number of amides is 1. The summed E-state index contributed by atoms with van der Waals surface area (Å²) in [6.45, 7) is 8.61. The number of carbonyl (C=O) groups excluding carboxylic acids is 1. The van der Waals surface area contributed by atoms with Crippen LogP contribution in [0.3, 0.4) is 0 Å². The van der Waals surface area contributed by atoms with Crippen molar-refractivity contribution in [2.24, 2.45) is 5.73 Å². The van der Waals surface area contributed by atoms with Gasteiger partial charge in [0.2, 0.25) is 0 Å². The molecule has 6 N–H and O–H groups in total. The van der Waals surface area contributed by atoms with E-state index in [1.165, 1.54) is 0 Å². The standard InChI is InChI=1S/C16H29N5O/c1-14-2-4-15(5-3-14)16(22)21-13-12-20-11-10-19-9-8-18-7-6-17/h2-5,18-20H,6-13,17H2,1H3,(H,21,22). The first kappa shape index (κ1) is 18.6. The van der Waals surface area contributed by atoms with Crippen molar-refractivity contribution in [3.63, 3.8) is 0 Å². The maximum Gasteiger partial charge on any atom is 0.251 e. The van der Waals surface area contributed by atoms with E-state index in [2.05, 4.69) is 21.3 Å². The van der Waals surface area contributed by atoms with Crippen LogP contribution in [0.15, 0.2) is 24.3 Å². The molecule has 22 heavy (non-hydrogen) atoms. The number of carbonyl (C=O) groups is 1. The molecule has 1 amide bonds. The topological polar surface area (TPSA) is 91.2 Å². The van der Waals surface area contributed by atoms with Crippen molar-refractivity contribution in [3.8, 4) is 0 Å². The Labute approximate surface area is 133 Å². The Bertz CT molecular complexity index is 408. The van der Waals surface area contributed by atoms with Crippen molar-refractivity contribution in [1.82, 2.24) is 21.3 Å². The van der Waals surface area contributed by atoms with Gasteiger partial charge in [-0.25, -0.2) is 0 Å². The molecule has 0 bridgehead atoms. The molecule has 0 fully saturated rings. The fourth-order valence-electron chi connectivity index (χ4n) is 1.90. The highest BCUT2D eigenvalue weighted by Gasteiger charge is 2.03. The van der Waals surface area contributed by atoms with E-state index in [4.69, 9.17) is 5.73 Å². The molecule has 6 heteroatoms. The molecular formula is C16H29N5O. The van der Waals surface area contributed by atoms with E-state index >= 15 is 0 Å². The molecule has 0 spiro atoms. The van der Waals surface area contributed by atoms with Gasteiger partial charge in [0, 0.05) is 57.9 Å². The summed E-state index contributed by atoms with van der Waals surface area (Å²) in [7, 11) is 0. The lowest BCUT2D eigenvalue weighted by atomic mass is 10.1. The summed E-state index contributed by atoms with van der Waals surface area (Å²) in [4.78, 5) is 11.8. The van der Waals surface area contributed by atoms with Gasteiger partial charge in [-0.05, 0) is 19.1 Å². The predicted molar refractivity (Wildman–Crippen MR) is 91.2 cm³/mol. The molecule has 0 aliphatic carbocycles. The Morgan fingerprint density at radius 3 is 1.91 bits per heavy atom. The van der Waals surface area contributed by atoms with Gasteiger partial charge < -0.3 is 27.0 Å². The number of benzene rings is 1. The molecule has 0 aliphatic rings. The van der Waals surface area contributed by atoms with Crippen LogP contribution in [0, 0.1) is 6.92 Å². The molecule has 0 heterocycles. The molecule has 0 unspecified atom stereocenters. The van der Waals surface area contributed by atoms with E-state index in [0.717, 1.165) is 44.8 Å². The number of nitrogens with two attached hydrogens (primary N) is 1. The third-order valence-corrected chi connectivity index (χ3v) is 3.18. The second-order valence-corrected chi connectivity index (χ2v) is 5.16. The van der Waals surface area contributed by atoms with Crippen LogP contribution in [0.5, 0.6) is 0 Å². The van der Waals surface area contributed by atoms with E-state index in [-0.39, 0.29) is 5.91 Å². The molecule has 0 aliphatic heterocycles. The summed E-state index contributed by atoms with van der Waals surface area (Å²) in [5.41, 5.74) is 7.24. The zero-order valence-electron chi connectivity index (χ0n) is 13.5. The fraction of sp³-hybridized carbons (Fsp3) is 0.562. The van der Waals surface area contributed by atoms with Crippen molar-refractivity contribution >= 4 is 5.91 Å². The Morgan fingerprint density at radius 1 is 0.864 bits per heavy atom. The molecule has 1 aromatic rings. The van der Waals surface area contributed by atoms with E-state index in [1.807, 2.05) is 31.2 Å². The minimum atomic E-state index is -0.0223. The normalized spacial score (nSPS) is 10.6. The van der Waals surface area contributed by atoms with Crippen molar-refractivity contribution in [2.75, 3.05) is 52.4 Å². The van der Waals surface area contributed by atoms with Crippen LogP contribution in [0.1, 0.15) is 15.9 Å². The first-order valence-corrected chi connectivity index (χ1v) is 7.91. The maximum absolute atomic E-state index is 11.8. The highest BCUT2D eigenvalue weighted by Crippen LogP contribution is 2.02. The summed E-state index contributed by atoms with van der Waals surface area (Å²) in [6, 6.07) is 7.59. The molecular weight excluding hydrogens is 278 g/mol. The van der Waals surface area contributed by atoms with Crippen LogP contribution in [0.2, 0.25) is 0 Å². The monoisotopic (exact) mass is 307 g/mol. The number of nitrogens with one attached hydrogen (secondary N) is 4. The lowest BCUT2D eigenvalue weighted by molar-refractivity contribution is 0.0954. The average molecular weight is 307 g/mol. The van der Waals surface area contributed by atoms with E-state index in [0.29, 0.717) is 18.7 Å². The number of aryl methyl sites for hydroxylation is 1. The maximum atomic E-state index is 11.8. The second kappa shape index (κ2) is 12.1. The van der Waals surface area contributed by atoms with Gasteiger partial charge in [-0.3, -0.25) is 4.79 Å². The summed E-state index contributed by atoms with van der Waals surface area (Å²) >= 11 is 0. The molecule has 0 atom stereocenters. The second-order valence-electron chi connectivity index (χ2n) is 5.16. The van der Waals surface area contributed by atoms with Crippen LogP contribution in [0.25, 0.3) is 0 Å². The quantitative estimate of drug-likeness (QED) is 0.334. The number of rotatable bonds is 12. The minimum absolute atomic E-state index is 0.0223. The molecule has 6 nitrogen and oxygen atoms in total. The molecule has 0 saturated carbocycles. The third-order valence-electron chi connectivity index (χ3n) is 3.18. The summed E-state index contributed by atoms with van der Waals surface area (Å²) in [5, 5.41) is 12.7. The molecule has 1 aromatic carbocycles. The summed E-state index contributed by atoms with van der Waals surface area (Å²) in [5.74, 6) is -0.0223. The molecule has 124 valence electrons. The molecule has 0 aromatic heterocycles. The van der Waals surface area contributed by atoms with Crippen LogP contribution >= 0.6 is 0 Å². The highest BCUT2D eigenvalue weighted by molar-refractivity contribution is 5.94. The van der Waals surface area contributed by atoms with Crippen molar-refractivity contribution in [3.05, 3.63) is 35.4 Å². The Hall–Kier alpha value is -1.47. The highest BCUT2D eigenvalue weighted by atomic mass is 16.1. The Kier molecular flexibility index (Phi) is 10.2. The first-order chi connectivity index (χ1) is 10.7. The van der Waals surface area contributed by atoms with E-state index in [9.17, 15) is 4.79 Å². The Morgan fingerprint density at radius 2 is 1.36 bits per heavy atom. The van der Waals surface area contributed by atoms with Gasteiger partial charge in [-0.1, -0.05) is 17.7 Å². The van der Waals surface area contributed by atoms with Crippen molar-refractivity contribution in [1.29, 1.82) is 0 Å². The SMILES string of the molecule is Cc1ccc(C(=O)NCCNCCNCCNCCN)cc1. The average Bonchev–Trinajstić information content (AvgIpc) is 2.53. The van der Waals surface area contributed by atoms with Gasteiger partial charge in [0.05, 0.1) is 0 Å². The van der Waals surface area contributed by atoms with Gasteiger partial charge in [0.25, 0.3) is 5.91 Å². The molecule has 1 rings (SSSR count). The predicted octanol–water partition coefficient (Wildman–Crippen LogP) is -0.548. The number of hydrogen-bond donors (Lipinski definition) is 5. The number of hydrogen-bond acceptors (Lipinski definition) is 5. The van der Waals surface area contributed by atoms with Crippen LogP contribution < -0.4 is 27.0 Å². The van der Waals surface area contributed by atoms with Gasteiger partial charge in [-0.2, -0.15) is 0 Å². The zero-order chi connectivity index (χ0) is 16.0. The van der Waals surface area contributed by atoms with E-state index < -0.39 is 0 Å². The van der Waals surface area contributed by atoms with Crippen molar-refractivity contribution in [2.45, 2.75) is 6.92 Å². The lowest BCUT2D eigenvalue weighted by Gasteiger charge is -2.08. The fourth-order valence-corrected chi connectivity index (χ4v) is 1.90. The smallest absolute Gasteiger partial charge is 0.251 e. The molecule has 0 saturated heterocycles. The van der Waals surface area contributed by atoms with Gasteiger partial charge >= 0.3 is 0 Å². The molecule has 0 radical (unpaired) electrons. The van der Waals surface area contributed by atoms with Gasteiger partial charge in [0.1, 0.15) is 0 Å². The summed E-state index contributed by atoms with van der Waals surface area (Å²) < 4.78 is 0. The zero-order valence-corrected chi connectivity index (χ0v) is 13.5. The minimum Gasteiger partial charge on any atom is -0.351 e. The van der Waals surface area contributed by atoms with Crippen LogP contribution in [0.4, 0.5) is 0 Å². The Balaban J connectivity index is 1.93. The lowest BCUT2D eigenvalue weighted by Crippen LogP contribution is -2.37. The van der Waals surface area contributed by atoms with Gasteiger partial charge in [-0.15, -0.1) is 0 Å². The third kappa shape index (κ3) is 8.74. The van der Waals surface area contributed by atoms with Crippen LogP contribution in [-0.2, 0) is 0 Å². The largest absolute Gasteiger partial charge is 0.351 e. The van der Waals surface area contributed by atoms with E-state index in [1.54, 1.807) is 0 Å². The van der Waals surface area contributed by atoms with Crippen LogP contribution in [-0.4, -0.2) is 58.3 Å². The van der Waals surface area contributed by atoms with Gasteiger partial charge in [0.15, 0.2) is 0 Å². The summed E-state index contributed by atoms with van der Waals surface area (Å²) in [6.07, 6.45) is 0. The first-order valence-electron chi connectivity index (χ1n) is 7.91.